The van der Waals surface area contributed by atoms with E-state index in [2.05, 4.69) is 17.6 Å². The molecule has 0 aliphatic carbocycles. The Balaban J connectivity index is 4.05. The van der Waals surface area contributed by atoms with E-state index in [-0.39, 0.29) is 17.9 Å². The first-order chi connectivity index (χ1) is 7.11. The molecule has 2 N–H and O–H groups in total. The zero-order valence-electron chi connectivity index (χ0n) is 9.93. The normalized spacial score (nSPS) is 11.9. The van der Waals surface area contributed by atoms with Crippen molar-refractivity contribution in [2.45, 2.75) is 52.5 Å². The van der Waals surface area contributed by atoms with Crippen LogP contribution >= 0.6 is 0 Å². The van der Waals surface area contributed by atoms with Crippen LogP contribution in [-0.2, 0) is 9.59 Å². The van der Waals surface area contributed by atoms with E-state index < -0.39 is 0 Å². The molecule has 88 valence electrons. The summed E-state index contributed by atoms with van der Waals surface area (Å²) >= 11 is 0. The molecule has 4 heteroatoms. The van der Waals surface area contributed by atoms with Crippen molar-refractivity contribution in [3.05, 3.63) is 0 Å². The highest BCUT2D eigenvalue weighted by molar-refractivity contribution is 5.86. The van der Waals surface area contributed by atoms with Gasteiger partial charge in [0, 0.05) is 13.5 Å². The third-order valence-corrected chi connectivity index (χ3v) is 2.14. The van der Waals surface area contributed by atoms with Gasteiger partial charge in [-0.15, -0.1) is 0 Å². The topological polar surface area (TPSA) is 58.2 Å². The molecular formula is C11H22N2O2. The molecule has 0 heterocycles. The van der Waals surface area contributed by atoms with Crippen molar-refractivity contribution >= 4 is 11.8 Å². The van der Waals surface area contributed by atoms with Gasteiger partial charge in [-0.05, 0) is 13.3 Å². The second kappa shape index (κ2) is 8.26. The van der Waals surface area contributed by atoms with Gasteiger partial charge in [0.2, 0.25) is 11.8 Å². The van der Waals surface area contributed by atoms with Crippen molar-refractivity contribution < 1.29 is 9.59 Å². The highest BCUT2D eigenvalue weighted by Crippen LogP contribution is 2.03. The number of amides is 2. The van der Waals surface area contributed by atoms with Crippen molar-refractivity contribution in [1.29, 1.82) is 0 Å². The lowest BCUT2D eigenvalue weighted by atomic mass is 10.1. The first-order valence-corrected chi connectivity index (χ1v) is 5.66. The summed E-state index contributed by atoms with van der Waals surface area (Å²) in [5.74, 6) is -0.230. The molecular weight excluding hydrogens is 192 g/mol. The van der Waals surface area contributed by atoms with Crippen LogP contribution in [0.4, 0.5) is 0 Å². The Kier molecular flexibility index (Phi) is 7.68. The number of nitrogens with one attached hydrogen (secondary N) is 2. The average molecular weight is 214 g/mol. The van der Waals surface area contributed by atoms with E-state index in [9.17, 15) is 9.59 Å². The molecule has 0 saturated heterocycles. The van der Waals surface area contributed by atoms with Crippen LogP contribution in [0.1, 0.15) is 46.5 Å². The summed E-state index contributed by atoms with van der Waals surface area (Å²) in [4.78, 5) is 22.5. The zero-order valence-corrected chi connectivity index (χ0v) is 9.93. The van der Waals surface area contributed by atoms with Crippen LogP contribution in [0.3, 0.4) is 0 Å². The quantitative estimate of drug-likeness (QED) is 0.626. The maximum Gasteiger partial charge on any atom is 0.242 e. The minimum absolute atomic E-state index is 0.0798. The Hall–Kier alpha value is -1.06. The van der Waals surface area contributed by atoms with Crippen LogP contribution < -0.4 is 10.6 Å². The van der Waals surface area contributed by atoms with E-state index in [1.54, 1.807) is 0 Å². The van der Waals surface area contributed by atoms with Crippen molar-refractivity contribution in [3.8, 4) is 0 Å². The van der Waals surface area contributed by atoms with Crippen LogP contribution in [0.25, 0.3) is 0 Å². The molecule has 0 rings (SSSR count). The van der Waals surface area contributed by atoms with Gasteiger partial charge in [0.15, 0.2) is 0 Å². The summed E-state index contributed by atoms with van der Waals surface area (Å²) in [6, 6.07) is -0.367. The first-order valence-electron chi connectivity index (χ1n) is 5.66. The van der Waals surface area contributed by atoms with Crippen molar-refractivity contribution in [2.75, 3.05) is 6.54 Å². The number of hydrogen-bond acceptors (Lipinski definition) is 2. The molecule has 0 radical (unpaired) electrons. The number of carbonyl (C=O) groups excluding carboxylic acids is 2. The number of hydrogen-bond donors (Lipinski definition) is 2. The van der Waals surface area contributed by atoms with Crippen molar-refractivity contribution in [2.24, 2.45) is 0 Å². The van der Waals surface area contributed by atoms with Crippen molar-refractivity contribution in [1.82, 2.24) is 10.6 Å². The van der Waals surface area contributed by atoms with Crippen LogP contribution in [-0.4, -0.2) is 24.4 Å². The highest BCUT2D eigenvalue weighted by atomic mass is 16.2. The summed E-state index contributed by atoms with van der Waals surface area (Å²) in [5.41, 5.74) is 0. The lowest BCUT2D eigenvalue weighted by Gasteiger charge is -2.16. The lowest BCUT2D eigenvalue weighted by Crippen LogP contribution is -2.45. The summed E-state index contributed by atoms with van der Waals surface area (Å²) in [7, 11) is 0. The Morgan fingerprint density at radius 2 is 1.87 bits per heavy atom. The molecule has 0 aromatic carbocycles. The second-order valence-corrected chi connectivity index (χ2v) is 3.64. The molecule has 15 heavy (non-hydrogen) atoms. The molecule has 4 nitrogen and oxygen atoms in total. The molecule has 1 atom stereocenters. The van der Waals surface area contributed by atoms with Crippen LogP contribution in [0, 0.1) is 0 Å². The Morgan fingerprint density at radius 1 is 1.20 bits per heavy atom. The van der Waals surface area contributed by atoms with Crippen LogP contribution in [0.15, 0.2) is 0 Å². The second-order valence-electron chi connectivity index (χ2n) is 3.64. The highest BCUT2D eigenvalue weighted by Gasteiger charge is 2.17. The summed E-state index contributed by atoms with van der Waals surface area (Å²) in [6.07, 6.45) is 3.90. The third kappa shape index (κ3) is 6.94. The average Bonchev–Trinajstić information content (AvgIpc) is 2.16. The third-order valence-electron chi connectivity index (χ3n) is 2.14. The first kappa shape index (κ1) is 13.9. The van der Waals surface area contributed by atoms with Gasteiger partial charge in [-0.2, -0.15) is 0 Å². The number of likely N-dealkylation sites (N-methyl/N-ethyl adjacent to an activating group) is 1. The zero-order chi connectivity index (χ0) is 11.7. The minimum atomic E-state index is -0.367. The Labute approximate surface area is 91.8 Å². The lowest BCUT2D eigenvalue weighted by molar-refractivity contribution is -0.128. The Bertz CT molecular complexity index is 205. The fraction of sp³-hybridized carbons (Fsp3) is 0.818. The van der Waals surface area contributed by atoms with E-state index in [1.165, 1.54) is 6.92 Å². The number of unbranched alkanes of at least 4 members (excludes halogenated alkanes) is 2. The summed E-state index contributed by atoms with van der Waals surface area (Å²) in [6.45, 7) is 6.02. The molecule has 2 amide bonds. The van der Waals surface area contributed by atoms with Crippen LogP contribution in [0.5, 0.6) is 0 Å². The minimum Gasteiger partial charge on any atom is -0.355 e. The molecule has 0 bridgehead atoms. The number of carbonyl (C=O) groups is 2. The molecule has 0 aliphatic rings. The number of rotatable bonds is 7. The Morgan fingerprint density at radius 3 is 2.33 bits per heavy atom. The fourth-order valence-electron chi connectivity index (χ4n) is 1.41. The monoisotopic (exact) mass is 214 g/mol. The van der Waals surface area contributed by atoms with Gasteiger partial charge in [0.25, 0.3) is 0 Å². The summed E-state index contributed by atoms with van der Waals surface area (Å²) in [5, 5.41) is 5.40. The van der Waals surface area contributed by atoms with Crippen LogP contribution in [0.2, 0.25) is 0 Å². The van der Waals surface area contributed by atoms with E-state index in [1.807, 2.05) is 6.92 Å². The van der Waals surface area contributed by atoms with E-state index in [0.717, 1.165) is 25.7 Å². The summed E-state index contributed by atoms with van der Waals surface area (Å²) < 4.78 is 0. The van der Waals surface area contributed by atoms with Crippen molar-refractivity contribution in [3.63, 3.8) is 0 Å². The molecule has 0 unspecified atom stereocenters. The van der Waals surface area contributed by atoms with E-state index in [4.69, 9.17) is 0 Å². The van der Waals surface area contributed by atoms with Gasteiger partial charge < -0.3 is 10.6 Å². The van der Waals surface area contributed by atoms with Gasteiger partial charge in [0.05, 0.1) is 0 Å². The largest absolute Gasteiger partial charge is 0.355 e. The smallest absolute Gasteiger partial charge is 0.242 e. The molecule has 0 aromatic rings. The van der Waals surface area contributed by atoms with Gasteiger partial charge in [0.1, 0.15) is 6.04 Å². The van der Waals surface area contributed by atoms with Gasteiger partial charge >= 0.3 is 0 Å². The van der Waals surface area contributed by atoms with Gasteiger partial charge in [-0.25, -0.2) is 0 Å². The standard InChI is InChI=1S/C11H22N2O2/c1-4-6-7-8-10(13-9(3)14)11(15)12-5-2/h10H,4-8H2,1-3H3,(H,12,15)(H,13,14)/t10-/m0/s1. The molecule has 0 aliphatic heterocycles. The molecule has 0 fully saturated rings. The molecule has 0 aromatic heterocycles. The van der Waals surface area contributed by atoms with Gasteiger partial charge in [-0.3, -0.25) is 9.59 Å². The van der Waals surface area contributed by atoms with E-state index >= 15 is 0 Å². The molecule has 0 spiro atoms. The predicted molar refractivity (Wildman–Crippen MR) is 60.4 cm³/mol. The predicted octanol–water partition coefficient (Wildman–Crippen LogP) is 1.21. The fourth-order valence-corrected chi connectivity index (χ4v) is 1.41. The maximum atomic E-state index is 11.5. The van der Waals surface area contributed by atoms with E-state index in [0.29, 0.717) is 6.54 Å². The van der Waals surface area contributed by atoms with Gasteiger partial charge in [-0.1, -0.05) is 26.2 Å². The maximum absolute atomic E-state index is 11.5. The molecule has 0 saturated carbocycles. The SMILES string of the molecule is CCCCC[C@H](NC(C)=O)C(=O)NCC.